The Hall–Kier alpha value is -1.19. The predicted octanol–water partition coefficient (Wildman–Crippen LogP) is 5.18. The van der Waals surface area contributed by atoms with Crippen LogP contribution in [0, 0.1) is 40.4 Å². The summed E-state index contributed by atoms with van der Waals surface area (Å²) in [6, 6.07) is 4.81. The minimum Gasteiger partial charge on any atom is -0.320 e. The zero-order valence-corrected chi connectivity index (χ0v) is 14.7. The van der Waals surface area contributed by atoms with Crippen molar-refractivity contribution in [1.29, 1.82) is 0 Å². The molecular weight excluding hydrogens is 329 g/mol. The highest BCUT2D eigenvalue weighted by atomic mass is 79.9. The number of halogens is 2. The van der Waals surface area contributed by atoms with E-state index >= 15 is 0 Å². The van der Waals surface area contributed by atoms with Gasteiger partial charge in [-0.25, -0.2) is 4.39 Å². The predicted molar refractivity (Wildman–Crippen MR) is 90.3 cm³/mol. The molecule has 1 atom stereocenters. The van der Waals surface area contributed by atoms with Crippen LogP contribution in [-0.2, 0) is 0 Å². The molecule has 2 aromatic rings. The van der Waals surface area contributed by atoms with Gasteiger partial charge in [0.25, 0.3) is 0 Å². The van der Waals surface area contributed by atoms with Gasteiger partial charge in [-0.1, -0.05) is 12.1 Å². The highest BCUT2D eigenvalue weighted by molar-refractivity contribution is 9.10. The Balaban J connectivity index is 2.70. The van der Waals surface area contributed by atoms with Crippen molar-refractivity contribution in [2.75, 3.05) is 0 Å². The Morgan fingerprint density at radius 2 is 1.38 bits per heavy atom. The average molecular weight is 350 g/mol. The van der Waals surface area contributed by atoms with Crippen molar-refractivity contribution in [1.82, 2.24) is 0 Å². The molecule has 2 aromatic carbocycles. The molecule has 0 radical (unpaired) electrons. The van der Waals surface area contributed by atoms with Crippen LogP contribution in [0.2, 0.25) is 0 Å². The van der Waals surface area contributed by atoms with Crippen LogP contribution in [0.5, 0.6) is 0 Å². The zero-order chi connectivity index (χ0) is 15.9. The second kappa shape index (κ2) is 5.90. The summed E-state index contributed by atoms with van der Waals surface area (Å²) in [5.41, 5.74) is 14.0. The van der Waals surface area contributed by atoms with Gasteiger partial charge in [-0.3, -0.25) is 0 Å². The summed E-state index contributed by atoms with van der Waals surface area (Å²) in [6.07, 6.45) is 0. The molecule has 0 aliphatic heterocycles. The molecule has 1 nitrogen and oxygen atoms in total. The molecule has 1 unspecified atom stereocenters. The van der Waals surface area contributed by atoms with E-state index in [1.54, 1.807) is 12.1 Å². The second-order valence-electron chi connectivity index (χ2n) is 5.66. The summed E-state index contributed by atoms with van der Waals surface area (Å²) in [7, 11) is 0. The number of hydrogen-bond acceptors (Lipinski definition) is 1. The minimum atomic E-state index is -0.458. The maximum absolute atomic E-state index is 14.4. The lowest BCUT2D eigenvalue weighted by molar-refractivity contribution is 0.592. The Bertz CT molecular complexity index is 678. The largest absolute Gasteiger partial charge is 0.320 e. The van der Waals surface area contributed by atoms with Crippen LogP contribution in [0.1, 0.15) is 45.0 Å². The zero-order valence-electron chi connectivity index (χ0n) is 13.1. The monoisotopic (exact) mass is 349 g/mol. The van der Waals surface area contributed by atoms with Gasteiger partial charge >= 0.3 is 0 Å². The Morgan fingerprint density at radius 1 is 0.905 bits per heavy atom. The van der Waals surface area contributed by atoms with E-state index in [1.165, 1.54) is 16.7 Å². The van der Waals surface area contributed by atoms with Gasteiger partial charge in [-0.2, -0.15) is 0 Å². The highest BCUT2D eigenvalue weighted by Crippen LogP contribution is 2.34. The fraction of sp³-hybridized carbons (Fsp3) is 0.333. The fourth-order valence-corrected chi connectivity index (χ4v) is 3.29. The van der Waals surface area contributed by atoms with E-state index in [9.17, 15) is 4.39 Å². The molecule has 0 amide bonds. The number of hydrogen-bond donors (Lipinski definition) is 1. The highest BCUT2D eigenvalue weighted by Gasteiger charge is 2.21. The lowest BCUT2D eigenvalue weighted by Crippen LogP contribution is -2.18. The number of benzene rings is 2. The third kappa shape index (κ3) is 2.65. The molecule has 0 aliphatic rings. The van der Waals surface area contributed by atoms with Gasteiger partial charge in [0.05, 0.1) is 10.5 Å². The lowest BCUT2D eigenvalue weighted by atomic mass is 9.84. The van der Waals surface area contributed by atoms with Gasteiger partial charge in [0, 0.05) is 5.56 Å². The summed E-state index contributed by atoms with van der Waals surface area (Å²) in [6.45, 7) is 10.5. The van der Waals surface area contributed by atoms with Gasteiger partial charge in [0.2, 0.25) is 0 Å². The number of rotatable bonds is 2. The molecule has 0 aromatic heterocycles. The molecule has 0 spiro atoms. The second-order valence-corrected chi connectivity index (χ2v) is 6.51. The summed E-state index contributed by atoms with van der Waals surface area (Å²) in [5.74, 6) is -0.278. The van der Waals surface area contributed by atoms with Gasteiger partial charge in [0.1, 0.15) is 5.82 Å². The molecule has 2 rings (SSSR count). The molecule has 2 N–H and O–H groups in total. The smallest absolute Gasteiger partial charge is 0.142 e. The van der Waals surface area contributed by atoms with E-state index < -0.39 is 6.04 Å². The summed E-state index contributed by atoms with van der Waals surface area (Å²) >= 11 is 3.23. The third-order valence-corrected chi connectivity index (χ3v) is 5.30. The Morgan fingerprint density at radius 3 is 1.90 bits per heavy atom. The van der Waals surface area contributed by atoms with Crippen molar-refractivity contribution in [3.8, 4) is 0 Å². The van der Waals surface area contributed by atoms with Gasteiger partial charge in [-0.15, -0.1) is 0 Å². The van der Waals surface area contributed by atoms with Crippen LogP contribution in [0.4, 0.5) is 4.39 Å². The van der Waals surface area contributed by atoms with Gasteiger partial charge in [0.15, 0.2) is 0 Å². The first-order valence-corrected chi connectivity index (χ1v) is 7.83. The van der Waals surface area contributed by atoms with E-state index in [1.807, 2.05) is 6.07 Å². The molecule has 21 heavy (non-hydrogen) atoms. The van der Waals surface area contributed by atoms with Crippen molar-refractivity contribution in [2.45, 2.75) is 40.7 Å². The maximum atomic E-state index is 14.4. The van der Waals surface area contributed by atoms with Crippen molar-refractivity contribution >= 4 is 15.9 Å². The molecule has 0 saturated carbocycles. The molecule has 3 heteroatoms. The van der Waals surface area contributed by atoms with Crippen LogP contribution in [-0.4, -0.2) is 0 Å². The quantitative estimate of drug-likeness (QED) is 0.794. The van der Waals surface area contributed by atoms with E-state index in [0.29, 0.717) is 10.0 Å². The van der Waals surface area contributed by atoms with Crippen LogP contribution >= 0.6 is 15.9 Å². The van der Waals surface area contributed by atoms with E-state index in [0.717, 1.165) is 16.7 Å². The van der Waals surface area contributed by atoms with E-state index in [2.05, 4.69) is 50.5 Å². The molecule has 0 aliphatic carbocycles. The summed E-state index contributed by atoms with van der Waals surface area (Å²) in [4.78, 5) is 0. The Kier molecular flexibility index (Phi) is 4.54. The Labute approximate surface area is 134 Å². The first-order chi connectivity index (χ1) is 9.77. The maximum Gasteiger partial charge on any atom is 0.142 e. The first-order valence-electron chi connectivity index (χ1n) is 7.03. The average Bonchev–Trinajstić information content (AvgIpc) is 2.46. The van der Waals surface area contributed by atoms with Gasteiger partial charge < -0.3 is 5.73 Å². The van der Waals surface area contributed by atoms with Crippen LogP contribution in [0.3, 0.4) is 0 Å². The van der Waals surface area contributed by atoms with Crippen molar-refractivity contribution < 1.29 is 4.39 Å². The van der Waals surface area contributed by atoms with Gasteiger partial charge in [-0.05, 0) is 90.0 Å². The van der Waals surface area contributed by atoms with Crippen LogP contribution in [0.15, 0.2) is 22.7 Å². The van der Waals surface area contributed by atoms with Crippen LogP contribution < -0.4 is 5.73 Å². The minimum absolute atomic E-state index is 0.278. The molecular formula is C18H21BrFN. The standard InChI is InChI=1S/C18H21BrFN/c1-9-10(2)12(4)16(13(5)11(9)3)18(21)14-7-6-8-15(19)17(14)20/h6-8,18H,21H2,1-5H3. The summed E-state index contributed by atoms with van der Waals surface area (Å²) < 4.78 is 14.8. The normalized spacial score (nSPS) is 12.6. The first kappa shape index (κ1) is 16.2. The topological polar surface area (TPSA) is 26.0 Å². The third-order valence-electron chi connectivity index (χ3n) is 4.69. The van der Waals surface area contributed by atoms with Crippen molar-refractivity contribution in [2.24, 2.45) is 5.73 Å². The van der Waals surface area contributed by atoms with Crippen molar-refractivity contribution in [3.63, 3.8) is 0 Å². The molecule has 112 valence electrons. The molecule has 0 heterocycles. The summed E-state index contributed by atoms with van der Waals surface area (Å²) in [5, 5.41) is 0. The fourth-order valence-electron chi connectivity index (χ4n) is 2.91. The molecule has 0 saturated heterocycles. The van der Waals surface area contributed by atoms with E-state index in [-0.39, 0.29) is 5.82 Å². The lowest BCUT2D eigenvalue weighted by Gasteiger charge is -2.24. The number of nitrogens with two attached hydrogens (primary N) is 1. The SMILES string of the molecule is Cc1c(C)c(C)c(C(N)c2cccc(Br)c2F)c(C)c1C. The van der Waals surface area contributed by atoms with Crippen molar-refractivity contribution in [3.05, 3.63) is 67.4 Å². The van der Waals surface area contributed by atoms with Crippen LogP contribution in [0.25, 0.3) is 0 Å². The molecule has 0 fully saturated rings. The van der Waals surface area contributed by atoms with E-state index in [4.69, 9.17) is 5.73 Å². The molecule has 0 bridgehead atoms.